The monoisotopic (exact) mass is 457 g/mol. The van der Waals surface area contributed by atoms with Crippen molar-refractivity contribution in [3.63, 3.8) is 0 Å². The third-order valence-electron chi connectivity index (χ3n) is 4.83. The Balaban J connectivity index is 1.42. The van der Waals surface area contributed by atoms with Crippen molar-refractivity contribution in [2.24, 2.45) is 0 Å². The van der Waals surface area contributed by atoms with Crippen LogP contribution in [0.2, 0.25) is 0 Å². The normalized spacial score (nSPS) is 16.6. The van der Waals surface area contributed by atoms with Gasteiger partial charge < -0.3 is 9.32 Å². The maximum atomic E-state index is 12.8. The van der Waals surface area contributed by atoms with Crippen LogP contribution in [0.4, 0.5) is 5.95 Å². The molecule has 1 aliphatic rings. The Bertz CT molecular complexity index is 984. The number of nitrogens with zero attached hydrogens (tertiary/aromatic N) is 4. The minimum atomic E-state index is -0.570. The molecule has 29 heavy (non-hydrogen) atoms. The van der Waals surface area contributed by atoms with Crippen LogP contribution < -0.4 is 5.32 Å². The highest BCUT2D eigenvalue weighted by Crippen LogP contribution is 2.21. The Morgan fingerprint density at radius 3 is 2.79 bits per heavy atom. The minimum Gasteiger partial charge on any atom is -0.459 e. The fraction of sp³-hybridized carbons (Fsp3) is 0.300. The number of furan rings is 1. The molecule has 150 valence electrons. The molecule has 1 atom stereocenters. The number of likely N-dealkylation sites (tertiary alicyclic amines) is 1. The highest BCUT2D eigenvalue weighted by molar-refractivity contribution is 9.10. The molecular weight excluding hydrogens is 438 g/mol. The first-order valence-corrected chi connectivity index (χ1v) is 10.2. The van der Waals surface area contributed by atoms with E-state index in [-0.39, 0.29) is 23.5 Å². The third-order valence-corrected chi connectivity index (χ3v) is 5.36. The zero-order valence-electron chi connectivity index (χ0n) is 15.6. The second kappa shape index (κ2) is 8.60. The number of carbonyl (C=O) groups excluding carboxylic acids is 2. The fourth-order valence-electron chi connectivity index (χ4n) is 3.39. The van der Waals surface area contributed by atoms with Crippen molar-refractivity contribution in [3.05, 3.63) is 64.8 Å². The summed E-state index contributed by atoms with van der Waals surface area (Å²) in [5.74, 6) is -0.0979. The van der Waals surface area contributed by atoms with E-state index in [1.54, 1.807) is 28.0 Å². The van der Waals surface area contributed by atoms with E-state index in [2.05, 4.69) is 31.3 Å². The summed E-state index contributed by atoms with van der Waals surface area (Å²) in [5, 5.41) is 7.07. The number of nitrogens with one attached hydrogen (secondary N) is 1. The number of anilines is 1. The Morgan fingerprint density at radius 2 is 2.03 bits per heavy atom. The number of halogens is 1. The molecule has 8 nitrogen and oxygen atoms in total. The summed E-state index contributed by atoms with van der Waals surface area (Å²) in [4.78, 5) is 31.2. The smallest absolute Gasteiger partial charge is 0.290 e. The molecule has 0 bridgehead atoms. The molecule has 3 heterocycles. The van der Waals surface area contributed by atoms with Crippen molar-refractivity contribution in [3.8, 4) is 0 Å². The van der Waals surface area contributed by atoms with E-state index in [1.165, 1.54) is 6.26 Å². The first-order chi connectivity index (χ1) is 14.1. The summed E-state index contributed by atoms with van der Waals surface area (Å²) < 4.78 is 7.87. The van der Waals surface area contributed by atoms with E-state index in [0.717, 1.165) is 22.9 Å². The van der Waals surface area contributed by atoms with Gasteiger partial charge in [-0.15, -0.1) is 5.10 Å². The van der Waals surface area contributed by atoms with Crippen molar-refractivity contribution in [1.82, 2.24) is 19.7 Å². The van der Waals surface area contributed by atoms with Gasteiger partial charge in [0.25, 0.3) is 5.91 Å². The molecular formula is C20H20BrN5O3. The Kier molecular flexibility index (Phi) is 5.75. The molecule has 1 aliphatic heterocycles. The molecule has 1 N–H and O–H groups in total. The fourth-order valence-corrected chi connectivity index (χ4v) is 3.65. The Morgan fingerprint density at radius 1 is 1.21 bits per heavy atom. The van der Waals surface area contributed by atoms with Crippen LogP contribution in [0.25, 0.3) is 0 Å². The lowest BCUT2D eigenvalue weighted by molar-refractivity contribution is -0.121. The molecule has 2 aromatic heterocycles. The molecule has 9 heteroatoms. The summed E-state index contributed by atoms with van der Waals surface area (Å²) in [6.07, 6.45) is 5.36. The van der Waals surface area contributed by atoms with E-state index in [0.29, 0.717) is 19.5 Å². The standard InChI is InChI=1S/C20H20BrN5O3/c21-15-8-6-14(7-9-15)12-25-13-22-20(24-25)23-18(27)16-4-1-2-10-26(16)19(28)17-5-3-11-29-17/h3,5-9,11,13,16H,1-2,4,10,12H2,(H,23,24,27). The predicted octanol–water partition coefficient (Wildman–Crippen LogP) is 3.32. The highest BCUT2D eigenvalue weighted by Gasteiger charge is 2.34. The predicted molar refractivity (Wildman–Crippen MR) is 109 cm³/mol. The van der Waals surface area contributed by atoms with E-state index in [9.17, 15) is 9.59 Å². The van der Waals surface area contributed by atoms with Crippen molar-refractivity contribution in [1.29, 1.82) is 0 Å². The molecule has 1 unspecified atom stereocenters. The van der Waals surface area contributed by atoms with Gasteiger partial charge in [0.05, 0.1) is 12.8 Å². The lowest BCUT2D eigenvalue weighted by Gasteiger charge is -2.33. The first kappa shape index (κ1) is 19.4. The number of piperidine rings is 1. The SMILES string of the molecule is O=C(Nc1ncn(Cc2ccc(Br)cc2)n1)C1CCCCN1C(=O)c1ccco1. The molecule has 0 saturated carbocycles. The number of amides is 2. The summed E-state index contributed by atoms with van der Waals surface area (Å²) in [7, 11) is 0. The molecule has 0 aliphatic carbocycles. The van der Waals surface area contributed by atoms with Crippen LogP contribution in [0, 0.1) is 0 Å². The van der Waals surface area contributed by atoms with Gasteiger partial charge in [0.15, 0.2) is 5.76 Å². The zero-order chi connectivity index (χ0) is 20.2. The average molecular weight is 458 g/mol. The van der Waals surface area contributed by atoms with Crippen LogP contribution in [0.3, 0.4) is 0 Å². The summed E-state index contributed by atoms with van der Waals surface area (Å²) in [5.41, 5.74) is 1.07. The number of rotatable bonds is 5. The molecule has 1 aromatic carbocycles. The maximum absolute atomic E-state index is 12.8. The minimum absolute atomic E-state index is 0.225. The van der Waals surface area contributed by atoms with Gasteiger partial charge in [-0.25, -0.2) is 9.67 Å². The van der Waals surface area contributed by atoms with Crippen LogP contribution in [0.1, 0.15) is 35.4 Å². The van der Waals surface area contributed by atoms with Crippen molar-refractivity contribution in [2.45, 2.75) is 31.8 Å². The van der Waals surface area contributed by atoms with Crippen molar-refractivity contribution >= 4 is 33.7 Å². The van der Waals surface area contributed by atoms with Gasteiger partial charge in [0.2, 0.25) is 11.9 Å². The lowest BCUT2D eigenvalue weighted by atomic mass is 10.0. The first-order valence-electron chi connectivity index (χ1n) is 9.39. The average Bonchev–Trinajstić information content (AvgIpc) is 3.42. The Hall–Kier alpha value is -2.94. The highest BCUT2D eigenvalue weighted by atomic mass is 79.9. The second-order valence-corrected chi connectivity index (χ2v) is 7.78. The molecule has 4 rings (SSSR count). The van der Waals surface area contributed by atoms with E-state index >= 15 is 0 Å². The third kappa shape index (κ3) is 4.56. The van der Waals surface area contributed by atoms with E-state index in [4.69, 9.17) is 4.42 Å². The number of carbonyl (C=O) groups is 2. The molecule has 3 aromatic rings. The second-order valence-electron chi connectivity index (χ2n) is 6.87. The van der Waals surface area contributed by atoms with Gasteiger partial charge in [-0.3, -0.25) is 14.9 Å². The number of aromatic nitrogens is 3. The van der Waals surface area contributed by atoms with E-state index < -0.39 is 6.04 Å². The van der Waals surface area contributed by atoms with Crippen LogP contribution >= 0.6 is 15.9 Å². The quantitative estimate of drug-likeness (QED) is 0.633. The topological polar surface area (TPSA) is 93.3 Å². The number of hydrogen-bond acceptors (Lipinski definition) is 5. The zero-order valence-corrected chi connectivity index (χ0v) is 17.2. The summed E-state index contributed by atoms with van der Waals surface area (Å²) >= 11 is 3.41. The van der Waals surface area contributed by atoms with Crippen LogP contribution in [-0.2, 0) is 11.3 Å². The number of hydrogen-bond donors (Lipinski definition) is 1. The van der Waals surface area contributed by atoms with Gasteiger partial charge >= 0.3 is 0 Å². The lowest BCUT2D eigenvalue weighted by Crippen LogP contribution is -2.50. The molecule has 1 saturated heterocycles. The summed E-state index contributed by atoms with van der Waals surface area (Å²) in [6, 6.07) is 10.6. The molecule has 2 amide bonds. The summed E-state index contributed by atoms with van der Waals surface area (Å²) in [6.45, 7) is 1.06. The van der Waals surface area contributed by atoms with Crippen LogP contribution in [0.15, 0.2) is 57.9 Å². The molecule has 0 radical (unpaired) electrons. The van der Waals surface area contributed by atoms with Gasteiger partial charge in [-0.1, -0.05) is 28.1 Å². The van der Waals surface area contributed by atoms with Gasteiger partial charge in [0.1, 0.15) is 12.4 Å². The van der Waals surface area contributed by atoms with Crippen molar-refractivity contribution < 1.29 is 14.0 Å². The van der Waals surface area contributed by atoms with Gasteiger partial charge in [-0.2, -0.15) is 0 Å². The van der Waals surface area contributed by atoms with Crippen LogP contribution in [0.5, 0.6) is 0 Å². The van der Waals surface area contributed by atoms with Gasteiger partial charge in [-0.05, 0) is 49.1 Å². The molecule has 1 fully saturated rings. The maximum Gasteiger partial charge on any atom is 0.290 e. The van der Waals surface area contributed by atoms with Crippen LogP contribution in [-0.4, -0.2) is 44.1 Å². The van der Waals surface area contributed by atoms with Crippen molar-refractivity contribution in [2.75, 3.05) is 11.9 Å². The van der Waals surface area contributed by atoms with Gasteiger partial charge in [0, 0.05) is 11.0 Å². The largest absolute Gasteiger partial charge is 0.459 e. The Labute approximate surface area is 176 Å². The number of benzene rings is 1. The molecule has 0 spiro atoms. The van der Waals surface area contributed by atoms with E-state index in [1.807, 2.05) is 24.3 Å².